The molecule has 4 aromatic rings. The fourth-order valence-electron chi connectivity index (χ4n) is 3.72. The monoisotopic (exact) mass is 480 g/mol. The van der Waals surface area contributed by atoms with Crippen LogP contribution in [0, 0.1) is 11.6 Å². The van der Waals surface area contributed by atoms with Gasteiger partial charge in [0.1, 0.15) is 35.4 Å². The van der Waals surface area contributed by atoms with Crippen LogP contribution >= 0.6 is 0 Å². The van der Waals surface area contributed by atoms with E-state index in [-0.39, 0.29) is 35.8 Å². The standard InChI is InChI=1S/C24H18F2N4O5/c1-13(31)27-9-16-10-30(24(32)34-16)15-6-17(25)23(18(26)7-15)14-2-3-19(28-8-14)21-4-5-22(35-21)20-11-33-12-29-20/h2-8,11-12,16H,9-10H2,1H3,(H,27,31)/t16-/m0/s1. The number of carbonyl (C=O) groups excluding carboxylic acids is 2. The summed E-state index contributed by atoms with van der Waals surface area (Å²) in [5, 5.41) is 2.55. The summed E-state index contributed by atoms with van der Waals surface area (Å²) in [6, 6.07) is 8.64. The summed E-state index contributed by atoms with van der Waals surface area (Å²) in [5.41, 5.74) is 0.940. The quantitative estimate of drug-likeness (QED) is 0.435. The summed E-state index contributed by atoms with van der Waals surface area (Å²) in [6.07, 6.45) is 2.69. The van der Waals surface area contributed by atoms with E-state index in [1.165, 1.54) is 31.8 Å². The number of pyridine rings is 1. The Labute approximate surface area is 197 Å². The van der Waals surface area contributed by atoms with Gasteiger partial charge in [-0.3, -0.25) is 14.7 Å². The first-order valence-corrected chi connectivity index (χ1v) is 10.6. The highest BCUT2D eigenvalue weighted by atomic mass is 19.1. The number of carbonyl (C=O) groups is 2. The molecule has 3 aromatic heterocycles. The molecule has 1 N–H and O–H groups in total. The van der Waals surface area contributed by atoms with Crippen molar-refractivity contribution < 1.29 is 31.9 Å². The van der Waals surface area contributed by atoms with Gasteiger partial charge in [0, 0.05) is 18.7 Å². The Morgan fingerprint density at radius 1 is 1.11 bits per heavy atom. The SMILES string of the molecule is CC(=O)NC[C@H]1CN(c2cc(F)c(-c3ccc(-c4ccc(-c5cocn5)o4)nc3)c(F)c2)C(=O)O1. The number of cyclic esters (lactones) is 1. The average molecular weight is 480 g/mol. The van der Waals surface area contributed by atoms with E-state index in [2.05, 4.69) is 15.3 Å². The zero-order valence-corrected chi connectivity index (χ0v) is 18.3. The number of ether oxygens (including phenoxy) is 1. The number of benzene rings is 1. The van der Waals surface area contributed by atoms with E-state index in [1.807, 2.05) is 0 Å². The van der Waals surface area contributed by atoms with E-state index < -0.39 is 23.8 Å². The lowest BCUT2D eigenvalue weighted by Crippen LogP contribution is -2.33. The summed E-state index contributed by atoms with van der Waals surface area (Å²) < 4.78 is 45.8. The summed E-state index contributed by atoms with van der Waals surface area (Å²) in [7, 11) is 0. The summed E-state index contributed by atoms with van der Waals surface area (Å²) in [4.78, 5) is 32.6. The Morgan fingerprint density at radius 3 is 2.49 bits per heavy atom. The Balaban J connectivity index is 1.35. The molecule has 0 unspecified atom stereocenters. The highest BCUT2D eigenvalue weighted by molar-refractivity contribution is 5.90. The highest BCUT2D eigenvalue weighted by Gasteiger charge is 2.33. The van der Waals surface area contributed by atoms with Crippen LogP contribution in [-0.2, 0) is 9.53 Å². The van der Waals surface area contributed by atoms with Gasteiger partial charge >= 0.3 is 6.09 Å². The number of furan rings is 1. The molecule has 0 aliphatic carbocycles. The maximum Gasteiger partial charge on any atom is 0.414 e. The Bertz CT molecular complexity index is 1360. The minimum Gasteiger partial charge on any atom is -0.453 e. The topological polar surface area (TPSA) is 111 Å². The molecule has 2 amide bonds. The van der Waals surface area contributed by atoms with Crippen molar-refractivity contribution in [2.75, 3.05) is 18.0 Å². The molecule has 1 saturated heterocycles. The van der Waals surface area contributed by atoms with Crippen molar-refractivity contribution in [1.29, 1.82) is 0 Å². The van der Waals surface area contributed by atoms with E-state index in [0.717, 1.165) is 17.0 Å². The van der Waals surface area contributed by atoms with Gasteiger partial charge in [-0.05, 0) is 30.3 Å². The second kappa shape index (κ2) is 9.01. The number of aromatic nitrogens is 2. The zero-order valence-electron chi connectivity index (χ0n) is 18.3. The van der Waals surface area contributed by atoms with Crippen LogP contribution < -0.4 is 10.2 Å². The van der Waals surface area contributed by atoms with E-state index >= 15 is 0 Å². The predicted octanol–water partition coefficient (Wildman–Crippen LogP) is 4.40. The molecule has 4 heterocycles. The maximum absolute atomic E-state index is 15.0. The second-order valence-corrected chi connectivity index (χ2v) is 7.81. The predicted molar refractivity (Wildman–Crippen MR) is 119 cm³/mol. The van der Waals surface area contributed by atoms with Crippen LogP contribution in [0.1, 0.15) is 6.92 Å². The Kier molecular flexibility index (Phi) is 5.73. The van der Waals surface area contributed by atoms with Crippen molar-refractivity contribution in [3.63, 3.8) is 0 Å². The molecular formula is C24H18F2N4O5. The second-order valence-electron chi connectivity index (χ2n) is 7.81. The molecular weight excluding hydrogens is 462 g/mol. The van der Waals surface area contributed by atoms with Crippen molar-refractivity contribution >= 4 is 17.7 Å². The molecule has 1 aliphatic heterocycles. The van der Waals surface area contributed by atoms with Crippen LogP contribution in [0.25, 0.3) is 34.0 Å². The van der Waals surface area contributed by atoms with E-state index in [9.17, 15) is 18.4 Å². The first kappa shape index (κ1) is 22.3. The van der Waals surface area contributed by atoms with E-state index in [1.54, 1.807) is 18.2 Å². The third kappa shape index (κ3) is 4.47. The summed E-state index contributed by atoms with van der Waals surface area (Å²) in [6.45, 7) is 1.49. The minimum atomic E-state index is -0.862. The molecule has 1 aromatic carbocycles. The zero-order chi connectivity index (χ0) is 24.5. The molecule has 1 atom stereocenters. The average Bonchev–Trinajstić information content (AvgIpc) is 3.58. The molecule has 35 heavy (non-hydrogen) atoms. The van der Waals surface area contributed by atoms with Crippen LogP contribution in [0.15, 0.2) is 64.1 Å². The first-order valence-electron chi connectivity index (χ1n) is 10.6. The van der Waals surface area contributed by atoms with Gasteiger partial charge in [0.05, 0.1) is 24.3 Å². The van der Waals surface area contributed by atoms with Crippen molar-refractivity contribution in [2.45, 2.75) is 13.0 Å². The molecule has 0 saturated carbocycles. The molecule has 9 nitrogen and oxygen atoms in total. The van der Waals surface area contributed by atoms with Gasteiger partial charge in [-0.25, -0.2) is 18.6 Å². The van der Waals surface area contributed by atoms with Crippen LogP contribution in [0.5, 0.6) is 0 Å². The van der Waals surface area contributed by atoms with Crippen molar-refractivity contribution in [1.82, 2.24) is 15.3 Å². The molecule has 0 spiro atoms. The fourth-order valence-corrected chi connectivity index (χ4v) is 3.72. The van der Waals surface area contributed by atoms with Crippen LogP contribution in [0.2, 0.25) is 0 Å². The van der Waals surface area contributed by atoms with Crippen LogP contribution in [-0.4, -0.2) is 41.2 Å². The Morgan fingerprint density at radius 2 is 1.86 bits per heavy atom. The smallest absolute Gasteiger partial charge is 0.414 e. The number of nitrogens with zero attached hydrogens (tertiary/aromatic N) is 3. The normalized spacial score (nSPS) is 15.3. The number of hydrogen-bond donors (Lipinski definition) is 1. The number of rotatable bonds is 6. The van der Waals surface area contributed by atoms with Gasteiger partial charge in [-0.15, -0.1) is 0 Å². The van der Waals surface area contributed by atoms with Crippen LogP contribution in [0.3, 0.4) is 0 Å². The fraction of sp³-hybridized carbons (Fsp3) is 0.167. The molecule has 11 heteroatoms. The summed E-state index contributed by atoms with van der Waals surface area (Å²) in [5.74, 6) is -1.06. The third-order valence-corrected chi connectivity index (χ3v) is 5.39. The lowest BCUT2D eigenvalue weighted by molar-refractivity contribution is -0.119. The van der Waals surface area contributed by atoms with E-state index in [4.69, 9.17) is 13.6 Å². The number of hydrogen-bond acceptors (Lipinski definition) is 7. The van der Waals surface area contributed by atoms with Crippen molar-refractivity contribution in [3.05, 3.63) is 66.9 Å². The van der Waals surface area contributed by atoms with Gasteiger partial charge in [0.2, 0.25) is 5.91 Å². The molecule has 5 rings (SSSR count). The van der Waals surface area contributed by atoms with Crippen molar-refractivity contribution in [3.8, 4) is 34.0 Å². The number of anilines is 1. The maximum atomic E-state index is 15.0. The molecule has 1 fully saturated rings. The van der Waals surface area contributed by atoms with Gasteiger partial charge in [-0.2, -0.15) is 0 Å². The number of amides is 2. The van der Waals surface area contributed by atoms with Gasteiger partial charge in [0.25, 0.3) is 0 Å². The first-order chi connectivity index (χ1) is 16.9. The molecule has 0 bridgehead atoms. The van der Waals surface area contributed by atoms with Crippen LogP contribution in [0.4, 0.5) is 19.3 Å². The third-order valence-electron chi connectivity index (χ3n) is 5.39. The summed E-state index contributed by atoms with van der Waals surface area (Å²) >= 11 is 0. The molecule has 1 aliphatic rings. The minimum absolute atomic E-state index is 0.0135. The highest BCUT2D eigenvalue weighted by Crippen LogP contribution is 2.33. The van der Waals surface area contributed by atoms with Gasteiger partial charge in [0.15, 0.2) is 17.9 Å². The van der Waals surface area contributed by atoms with Crippen molar-refractivity contribution in [2.24, 2.45) is 0 Å². The molecule has 0 radical (unpaired) electrons. The van der Waals surface area contributed by atoms with Gasteiger partial charge < -0.3 is 18.9 Å². The lowest BCUT2D eigenvalue weighted by atomic mass is 10.0. The van der Waals surface area contributed by atoms with Gasteiger partial charge in [-0.1, -0.05) is 6.07 Å². The largest absolute Gasteiger partial charge is 0.453 e. The number of halogens is 2. The lowest BCUT2D eigenvalue weighted by Gasteiger charge is -2.15. The Hall–Kier alpha value is -4.54. The number of oxazole rings is 1. The molecule has 178 valence electrons. The van der Waals surface area contributed by atoms with E-state index in [0.29, 0.717) is 22.9 Å². The number of nitrogens with one attached hydrogen (secondary N) is 1.